The molecule has 1 fully saturated rings. The number of carboxylic acid groups (broad SMARTS) is 1. The van der Waals surface area contributed by atoms with Gasteiger partial charge in [0.05, 0.1) is 6.61 Å². The van der Waals surface area contributed by atoms with E-state index in [9.17, 15) is 4.79 Å². The van der Waals surface area contributed by atoms with Gasteiger partial charge in [0.1, 0.15) is 6.04 Å². The number of aliphatic carboxylic acids is 1. The molecule has 0 aliphatic carbocycles. The standard InChI is InChI=1S/C11H21NO4/c1-12(10(8-15-2)11(13)14)7-9-3-5-16-6-4-9/h9-10H,3-8H2,1-2H3,(H,13,14). The van der Waals surface area contributed by atoms with E-state index in [1.165, 1.54) is 7.11 Å². The maximum atomic E-state index is 11.0. The molecule has 16 heavy (non-hydrogen) atoms. The normalized spacial score (nSPS) is 19.9. The molecule has 0 spiro atoms. The lowest BCUT2D eigenvalue weighted by atomic mass is 9.99. The summed E-state index contributed by atoms with van der Waals surface area (Å²) in [6.07, 6.45) is 2.04. The van der Waals surface area contributed by atoms with Crippen molar-refractivity contribution in [1.29, 1.82) is 0 Å². The van der Waals surface area contributed by atoms with Crippen LogP contribution >= 0.6 is 0 Å². The fourth-order valence-electron chi connectivity index (χ4n) is 2.01. The highest BCUT2D eigenvalue weighted by molar-refractivity contribution is 5.73. The molecular weight excluding hydrogens is 210 g/mol. The van der Waals surface area contributed by atoms with Crippen LogP contribution in [-0.4, -0.2) is 62.5 Å². The summed E-state index contributed by atoms with van der Waals surface area (Å²) in [6.45, 7) is 2.61. The molecule has 1 saturated heterocycles. The van der Waals surface area contributed by atoms with Gasteiger partial charge in [0, 0.05) is 26.9 Å². The van der Waals surface area contributed by atoms with Gasteiger partial charge in [0.15, 0.2) is 0 Å². The summed E-state index contributed by atoms with van der Waals surface area (Å²) in [5.41, 5.74) is 0. The number of hydrogen-bond donors (Lipinski definition) is 1. The van der Waals surface area contributed by atoms with Gasteiger partial charge < -0.3 is 14.6 Å². The van der Waals surface area contributed by atoms with Crippen LogP contribution in [0.5, 0.6) is 0 Å². The highest BCUT2D eigenvalue weighted by Crippen LogP contribution is 2.16. The van der Waals surface area contributed by atoms with Crippen LogP contribution in [-0.2, 0) is 14.3 Å². The van der Waals surface area contributed by atoms with E-state index >= 15 is 0 Å². The lowest BCUT2D eigenvalue weighted by molar-refractivity contribution is -0.145. The number of carbonyl (C=O) groups is 1. The van der Waals surface area contributed by atoms with E-state index in [1.807, 2.05) is 11.9 Å². The highest BCUT2D eigenvalue weighted by atomic mass is 16.5. The molecular formula is C11H21NO4. The predicted molar refractivity (Wildman–Crippen MR) is 59.5 cm³/mol. The number of rotatable bonds is 6. The third-order valence-electron chi connectivity index (χ3n) is 3.03. The molecule has 0 amide bonds. The summed E-state index contributed by atoms with van der Waals surface area (Å²) in [6, 6.07) is -0.548. The molecule has 1 N–H and O–H groups in total. The topological polar surface area (TPSA) is 59.0 Å². The van der Waals surface area contributed by atoms with Gasteiger partial charge in [-0.2, -0.15) is 0 Å². The zero-order chi connectivity index (χ0) is 12.0. The Bertz CT molecular complexity index is 216. The van der Waals surface area contributed by atoms with E-state index in [0.717, 1.165) is 32.6 Å². The Hall–Kier alpha value is -0.650. The Kier molecular flexibility index (Phi) is 5.73. The van der Waals surface area contributed by atoms with Crippen molar-refractivity contribution in [2.75, 3.05) is 40.5 Å². The third-order valence-corrected chi connectivity index (χ3v) is 3.03. The van der Waals surface area contributed by atoms with Crippen LogP contribution in [0.4, 0.5) is 0 Å². The number of methoxy groups -OCH3 is 1. The molecule has 1 heterocycles. The first-order valence-electron chi connectivity index (χ1n) is 5.65. The first-order valence-corrected chi connectivity index (χ1v) is 5.65. The second-order valence-electron chi connectivity index (χ2n) is 4.30. The van der Waals surface area contributed by atoms with Gasteiger partial charge in [-0.1, -0.05) is 0 Å². The molecule has 5 nitrogen and oxygen atoms in total. The summed E-state index contributed by atoms with van der Waals surface area (Å²) >= 11 is 0. The van der Waals surface area contributed by atoms with Crippen molar-refractivity contribution in [3.63, 3.8) is 0 Å². The Morgan fingerprint density at radius 3 is 2.69 bits per heavy atom. The number of nitrogens with zero attached hydrogens (tertiary/aromatic N) is 1. The third kappa shape index (κ3) is 4.08. The Morgan fingerprint density at radius 2 is 2.19 bits per heavy atom. The van der Waals surface area contributed by atoms with Crippen LogP contribution in [0.3, 0.4) is 0 Å². The summed E-state index contributed by atoms with van der Waals surface area (Å²) in [5, 5.41) is 9.06. The summed E-state index contributed by atoms with van der Waals surface area (Å²) in [5.74, 6) is -0.283. The Balaban J connectivity index is 2.40. The Morgan fingerprint density at radius 1 is 1.56 bits per heavy atom. The van der Waals surface area contributed by atoms with Crippen molar-refractivity contribution >= 4 is 5.97 Å². The minimum absolute atomic E-state index is 0.231. The van der Waals surface area contributed by atoms with Crippen LogP contribution in [0, 0.1) is 5.92 Å². The van der Waals surface area contributed by atoms with Gasteiger partial charge in [0.2, 0.25) is 0 Å². The first kappa shape index (κ1) is 13.4. The van der Waals surface area contributed by atoms with Crippen molar-refractivity contribution < 1.29 is 19.4 Å². The van der Waals surface area contributed by atoms with E-state index in [1.54, 1.807) is 0 Å². The molecule has 5 heteroatoms. The van der Waals surface area contributed by atoms with Crippen LogP contribution in [0.1, 0.15) is 12.8 Å². The minimum atomic E-state index is -0.823. The van der Waals surface area contributed by atoms with Crippen molar-refractivity contribution in [3.05, 3.63) is 0 Å². The number of likely N-dealkylation sites (N-methyl/N-ethyl adjacent to an activating group) is 1. The zero-order valence-electron chi connectivity index (χ0n) is 10.0. The molecule has 0 bridgehead atoms. The highest BCUT2D eigenvalue weighted by Gasteiger charge is 2.25. The van der Waals surface area contributed by atoms with Crippen molar-refractivity contribution in [3.8, 4) is 0 Å². The largest absolute Gasteiger partial charge is 0.480 e. The molecule has 0 saturated carbocycles. The second kappa shape index (κ2) is 6.83. The molecule has 0 aromatic heterocycles. The van der Waals surface area contributed by atoms with Gasteiger partial charge in [-0.25, -0.2) is 0 Å². The molecule has 1 aliphatic rings. The van der Waals surface area contributed by atoms with E-state index in [2.05, 4.69) is 0 Å². The average Bonchev–Trinajstić information content (AvgIpc) is 2.26. The molecule has 1 aliphatic heterocycles. The smallest absolute Gasteiger partial charge is 0.323 e. The number of carboxylic acids is 1. The summed E-state index contributed by atoms with van der Waals surface area (Å²) < 4.78 is 10.2. The number of hydrogen-bond acceptors (Lipinski definition) is 4. The maximum absolute atomic E-state index is 11.0. The molecule has 1 atom stereocenters. The molecule has 1 rings (SSSR count). The molecule has 0 aromatic carbocycles. The quantitative estimate of drug-likeness (QED) is 0.719. The molecule has 0 aromatic rings. The average molecular weight is 231 g/mol. The minimum Gasteiger partial charge on any atom is -0.480 e. The van der Waals surface area contributed by atoms with Crippen LogP contribution in [0.2, 0.25) is 0 Å². The van der Waals surface area contributed by atoms with Crippen LogP contribution < -0.4 is 0 Å². The molecule has 94 valence electrons. The second-order valence-corrected chi connectivity index (χ2v) is 4.30. The van der Waals surface area contributed by atoms with Gasteiger partial charge in [0.25, 0.3) is 0 Å². The van der Waals surface area contributed by atoms with Gasteiger partial charge in [-0.15, -0.1) is 0 Å². The van der Waals surface area contributed by atoms with Crippen molar-refractivity contribution in [2.45, 2.75) is 18.9 Å². The van der Waals surface area contributed by atoms with Gasteiger partial charge >= 0.3 is 5.97 Å². The fraction of sp³-hybridized carbons (Fsp3) is 0.909. The SMILES string of the molecule is COCC(C(=O)O)N(C)CC1CCOCC1. The monoisotopic (exact) mass is 231 g/mol. The first-order chi connectivity index (χ1) is 7.65. The molecule has 1 unspecified atom stereocenters. The van der Waals surface area contributed by atoms with E-state index in [0.29, 0.717) is 5.92 Å². The Labute approximate surface area is 96.3 Å². The predicted octanol–water partition coefficient (Wildman–Crippen LogP) is 0.444. The summed E-state index contributed by atoms with van der Waals surface area (Å²) in [4.78, 5) is 12.9. The van der Waals surface area contributed by atoms with Gasteiger partial charge in [-0.3, -0.25) is 9.69 Å². The van der Waals surface area contributed by atoms with Crippen LogP contribution in [0.15, 0.2) is 0 Å². The van der Waals surface area contributed by atoms with Crippen LogP contribution in [0.25, 0.3) is 0 Å². The van der Waals surface area contributed by atoms with Gasteiger partial charge in [-0.05, 0) is 25.8 Å². The summed E-state index contributed by atoms with van der Waals surface area (Å²) in [7, 11) is 3.37. The lowest BCUT2D eigenvalue weighted by Gasteiger charge is -2.30. The van der Waals surface area contributed by atoms with E-state index < -0.39 is 12.0 Å². The maximum Gasteiger partial charge on any atom is 0.323 e. The lowest BCUT2D eigenvalue weighted by Crippen LogP contribution is -2.44. The van der Waals surface area contributed by atoms with Crippen molar-refractivity contribution in [1.82, 2.24) is 4.90 Å². The number of ether oxygens (including phenoxy) is 2. The van der Waals surface area contributed by atoms with E-state index in [-0.39, 0.29) is 6.61 Å². The molecule has 0 radical (unpaired) electrons. The van der Waals surface area contributed by atoms with E-state index in [4.69, 9.17) is 14.6 Å². The van der Waals surface area contributed by atoms with Crippen molar-refractivity contribution in [2.24, 2.45) is 5.92 Å². The fourth-order valence-corrected chi connectivity index (χ4v) is 2.01. The zero-order valence-corrected chi connectivity index (χ0v) is 10.0.